The predicted octanol–water partition coefficient (Wildman–Crippen LogP) is 3.59. The summed E-state index contributed by atoms with van der Waals surface area (Å²) in [6.07, 6.45) is 0.664. The summed E-state index contributed by atoms with van der Waals surface area (Å²) in [5.74, 6) is 0.418. The Balaban J connectivity index is 1.87. The van der Waals surface area contributed by atoms with E-state index in [-0.39, 0.29) is 18.2 Å². The van der Waals surface area contributed by atoms with E-state index in [0.717, 1.165) is 24.0 Å². The monoisotopic (exact) mass is 367 g/mol. The van der Waals surface area contributed by atoms with Crippen molar-refractivity contribution < 1.29 is 22.5 Å². The molecule has 2 fully saturated rings. The minimum Gasteiger partial charge on any atom is -0.444 e. The van der Waals surface area contributed by atoms with Gasteiger partial charge in [-0.1, -0.05) is 29.8 Å². The van der Waals surface area contributed by atoms with Crippen LogP contribution in [-0.2, 0) is 20.3 Å². The van der Waals surface area contributed by atoms with E-state index in [1.165, 1.54) is 0 Å². The van der Waals surface area contributed by atoms with Crippen molar-refractivity contribution in [2.24, 2.45) is 5.92 Å². The number of aryl methyl sites for hydroxylation is 1. The molecule has 138 valence electrons. The summed E-state index contributed by atoms with van der Waals surface area (Å²) in [5.41, 5.74) is 1.29. The van der Waals surface area contributed by atoms with Crippen molar-refractivity contribution >= 4 is 17.5 Å². The number of hydrogen-bond acceptors (Lipinski definition) is 4. The van der Waals surface area contributed by atoms with Crippen LogP contribution < -0.4 is 0 Å². The highest BCUT2D eigenvalue weighted by Crippen LogP contribution is 2.52. The van der Waals surface area contributed by atoms with Crippen LogP contribution in [0.25, 0.3) is 0 Å². The van der Waals surface area contributed by atoms with Gasteiger partial charge in [-0.05, 0) is 52.0 Å². The van der Waals surface area contributed by atoms with Crippen molar-refractivity contribution in [3.05, 3.63) is 35.4 Å². The third-order valence-corrected chi connectivity index (χ3v) is 5.06. The highest BCUT2D eigenvalue weighted by atomic mass is 32.2. The summed E-state index contributed by atoms with van der Waals surface area (Å²) >= 11 is -2.42. The maximum atomic E-state index is 12.7. The third kappa shape index (κ3) is 4.22. The summed E-state index contributed by atoms with van der Waals surface area (Å²) in [5, 5.41) is 0. The smallest absolute Gasteiger partial charge is 0.410 e. The van der Waals surface area contributed by atoms with Gasteiger partial charge in [0.05, 0.1) is 6.04 Å². The number of benzene rings is 1. The zero-order valence-electron chi connectivity index (χ0n) is 15.0. The summed E-state index contributed by atoms with van der Waals surface area (Å²) in [6.45, 7) is 7.47. The van der Waals surface area contributed by atoms with Crippen LogP contribution in [0.15, 0.2) is 24.3 Å². The van der Waals surface area contributed by atoms with Gasteiger partial charge in [-0.15, -0.1) is 0 Å². The first kappa shape index (κ1) is 18.4. The molecule has 0 bridgehead atoms. The van der Waals surface area contributed by atoms with Crippen LogP contribution in [0.2, 0.25) is 0 Å². The lowest BCUT2D eigenvalue weighted by Gasteiger charge is -2.34. The largest absolute Gasteiger partial charge is 0.444 e. The van der Waals surface area contributed by atoms with E-state index in [0.29, 0.717) is 5.92 Å². The van der Waals surface area contributed by atoms with Gasteiger partial charge in [0.15, 0.2) is 0 Å². The first-order valence-corrected chi connectivity index (χ1v) is 9.55. The molecule has 7 heteroatoms. The molecule has 5 unspecified atom stereocenters. The van der Waals surface area contributed by atoms with Gasteiger partial charge in [-0.3, -0.25) is 13.6 Å². The standard InChI is InChI=1S/C18H25NO5S/c1-11-5-7-12(8-6-11)16(24-25(21)22)15-10-13-9-14(13)19(15)17(20)23-18(2,3)4/h5-8,13-16H,9-10H2,1-4H3,(H,21,22). The van der Waals surface area contributed by atoms with Crippen LogP contribution in [-0.4, -0.2) is 37.4 Å². The Kier molecular flexibility index (Phi) is 4.92. The topological polar surface area (TPSA) is 76.1 Å². The van der Waals surface area contributed by atoms with E-state index < -0.39 is 23.1 Å². The number of rotatable bonds is 4. The Morgan fingerprint density at radius 2 is 1.92 bits per heavy atom. The zero-order valence-corrected chi connectivity index (χ0v) is 15.8. The quantitative estimate of drug-likeness (QED) is 0.823. The highest BCUT2D eigenvalue weighted by Gasteiger charge is 2.57. The van der Waals surface area contributed by atoms with Gasteiger partial charge < -0.3 is 4.74 Å². The summed E-state index contributed by atoms with van der Waals surface area (Å²) in [4.78, 5) is 14.4. The molecule has 6 nitrogen and oxygen atoms in total. The SMILES string of the molecule is Cc1ccc(C(OS(=O)O)C2CC3CC3N2C(=O)OC(C)(C)C)cc1. The Labute approximate surface area is 151 Å². The first-order chi connectivity index (χ1) is 11.7. The van der Waals surface area contributed by atoms with E-state index in [9.17, 15) is 13.6 Å². The fourth-order valence-corrected chi connectivity index (χ4v) is 3.95. The molecular weight excluding hydrogens is 342 g/mol. The number of piperidine rings is 1. The maximum Gasteiger partial charge on any atom is 0.410 e. The van der Waals surface area contributed by atoms with E-state index in [1.54, 1.807) is 4.90 Å². The van der Waals surface area contributed by atoms with Gasteiger partial charge in [0, 0.05) is 6.04 Å². The van der Waals surface area contributed by atoms with E-state index in [4.69, 9.17) is 8.92 Å². The van der Waals surface area contributed by atoms with Gasteiger partial charge in [0.2, 0.25) is 0 Å². The van der Waals surface area contributed by atoms with Crippen molar-refractivity contribution in [2.75, 3.05) is 0 Å². The second-order valence-electron chi connectivity index (χ2n) is 7.90. The fourth-order valence-electron chi connectivity index (χ4n) is 3.54. The number of likely N-dealkylation sites (tertiary alicyclic amines) is 1. The van der Waals surface area contributed by atoms with Gasteiger partial charge in [-0.25, -0.2) is 4.79 Å². The van der Waals surface area contributed by atoms with Crippen molar-refractivity contribution in [3.63, 3.8) is 0 Å². The van der Waals surface area contributed by atoms with Crippen LogP contribution in [0.3, 0.4) is 0 Å². The summed E-state index contributed by atoms with van der Waals surface area (Å²) in [7, 11) is 0. The van der Waals surface area contributed by atoms with Crippen molar-refractivity contribution in [1.29, 1.82) is 0 Å². The van der Waals surface area contributed by atoms with E-state index in [2.05, 4.69) is 0 Å². The number of carbonyl (C=O) groups excluding carboxylic acids is 1. The molecule has 2 aliphatic rings. The van der Waals surface area contributed by atoms with Crippen LogP contribution in [0.1, 0.15) is 50.8 Å². The van der Waals surface area contributed by atoms with Gasteiger partial charge in [0.1, 0.15) is 11.7 Å². The average molecular weight is 367 g/mol. The molecule has 0 radical (unpaired) electrons. The van der Waals surface area contributed by atoms with Crippen molar-refractivity contribution in [3.8, 4) is 0 Å². The molecule has 1 aliphatic carbocycles. The maximum absolute atomic E-state index is 12.7. The van der Waals surface area contributed by atoms with Crippen LogP contribution >= 0.6 is 0 Å². The Hall–Kier alpha value is -1.44. The summed E-state index contributed by atoms with van der Waals surface area (Å²) < 4.78 is 31.5. The zero-order chi connectivity index (χ0) is 18.4. The Bertz CT molecular complexity index is 669. The lowest BCUT2D eigenvalue weighted by atomic mass is 9.98. The first-order valence-electron chi connectivity index (χ1n) is 8.51. The predicted molar refractivity (Wildman–Crippen MR) is 94.1 cm³/mol. The molecule has 1 aromatic carbocycles. The number of hydrogen-bond donors (Lipinski definition) is 1. The normalized spacial score (nSPS) is 27.6. The molecule has 1 saturated carbocycles. The Morgan fingerprint density at radius 3 is 2.48 bits per heavy atom. The lowest BCUT2D eigenvalue weighted by molar-refractivity contribution is 0.00322. The van der Waals surface area contributed by atoms with E-state index in [1.807, 2.05) is 52.0 Å². The van der Waals surface area contributed by atoms with Gasteiger partial charge >= 0.3 is 17.5 Å². The second-order valence-corrected chi connectivity index (χ2v) is 8.53. The van der Waals surface area contributed by atoms with Crippen molar-refractivity contribution in [1.82, 2.24) is 4.90 Å². The molecule has 1 aliphatic heterocycles. The van der Waals surface area contributed by atoms with Gasteiger partial charge in [-0.2, -0.15) is 4.21 Å². The molecule has 1 N–H and O–H groups in total. The number of fused-ring (bicyclic) bond motifs is 1. The molecule has 25 heavy (non-hydrogen) atoms. The minimum absolute atomic E-state index is 0.142. The molecule has 1 amide bonds. The van der Waals surface area contributed by atoms with Gasteiger partial charge in [0.25, 0.3) is 0 Å². The molecule has 0 spiro atoms. The minimum atomic E-state index is -2.42. The van der Waals surface area contributed by atoms with Crippen LogP contribution in [0, 0.1) is 12.8 Å². The summed E-state index contributed by atoms with van der Waals surface area (Å²) in [6, 6.07) is 7.45. The van der Waals surface area contributed by atoms with Crippen LogP contribution in [0.4, 0.5) is 4.79 Å². The molecule has 1 heterocycles. The van der Waals surface area contributed by atoms with Crippen LogP contribution in [0.5, 0.6) is 0 Å². The third-order valence-electron chi connectivity index (χ3n) is 4.69. The highest BCUT2D eigenvalue weighted by molar-refractivity contribution is 7.74. The second kappa shape index (κ2) is 6.70. The lowest BCUT2D eigenvalue weighted by Crippen LogP contribution is -2.45. The van der Waals surface area contributed by atoms with Crippen molar-refractivity contribution in [2.45, 2.75) is 64.3 Å². The molecule has 1 saturated heterocycles. The average Bonchev–Trinajstić information content (AvgIpc) is 3.14. The number of nitrogens with zero attached hydrogens (tertiary/aromatic N) is 1. The molecule has 1 aromatic rings. The number of ether oxygens (including phenoxy) is 1. The fraction of sp³-hybridized carbons (Fsp3) is 0.611. The molecule has 3 rings (SSSR count). The number of carbonyl (C=O) groups is 1. The Morgan fingerprint density at radius 1 is 1.28 bits per heavy atom. The number of amides is 1. The molecular formula is C18H25NO5S. The molecule has 0 aromatic heterocycles. The van der Waals surface area contributed by atoms with E-state index >= 15 is 0 Å². The molecule has 5 atom stereocenters.